The fourth-order valence-corrected chi connectivity index (χ4v) is 2.07. The van der Waals surface area contributed by atoms with E-state index in [0.29, 0.717) is 0 Å². The summed E-state index contributed by atoms with van der Waals surface area (Å²) in [4.78, 5) is 10.6. The van der Waals surface area contributed by atoms with Gasteiger partial charge in [-0.3, -0.25) is 10.1 Å². The van der Waals surface area contributed by atoms with Gasteiger partial charge in [0, 0.05) is 10.6 Å². The van der Waals surface area contributed by atoms with Crippen LogP contribution in [0, 0.1) is 17.0 Å². The maximum Gasteiger partial charge on any atom is 0.227 e. The van der Waals surface area contributed by atoms with Gasteiger partial charge in [0.15, 0.2) is 0 Å². The molecule has 1 atom stereocenters. The molecule has 5 heteroatoms. The van der Waals surface area contributed by atoms with E-state index in [1.807, 2.05) is 55.5 Å². The molecule has 0 bridgehead atoms. The van der Waals surface area contributed by atoms with Gasteiger partial charge in [-0.2, -0.15) is 0 Å². The first-order valence-electron chi connectivity index (χ1n) is 6.67. The largest absolute Gasteiger partial charge is 0.497 e. The molecular formula is C16H18N2O3. The highest BCUT2D eigenvalue weighted by molar-refractivity contribution is 5.48. The average molecular weight is 286 g/mol. The normalized spacial score (nSPS) is 11.7. The Morgan fingerprint density at radius 2 is 1.76 bits per heavy atom. The topological polar surface area (TPSA) is 64.4 Å². The van der Waals surface area contributed by atoms with Gasteiger partial charge < -0.3 is 10.1 Å². The molecule has 0 aliphatic carbocycles. The Morgan fingerprint density at radius 1 is 1.14 bits per heavy atom. The van der Waals surface area contributed by atoms with E-state index in [4.69, 9.17) is 4.74 Å². The Hall–Kier alpha value is -2.56. The number of hydrogen-bond donors (Lipinski definition) is 1. The van der Waals surface area contributed by atoms with Crippen LogP contribution in [0.25, 0.3) is 0 Å². The molecule has 110 valence electrons. The van der Waals surface area contributed by atoms with Gasteiger partial charge in [0.25, 0.3) is 0 Å². The molecule has 0 aliphatic rings. The molecule has 0 fully saturated rings. The molecular weight excluding hydrogens is 268 g/mol. The van der Waals surface area contributed by atoms with Crippen LogP contribution >= 0.6 is 0 Å². The Labute approximate surface area is 123 Å². The van der Waals surface area contributed by atoms with E-state index in [2.05, 4.69) is 5.32 Å². The molecule has 0 aliphatic heterocycles. The second kappa shape index (κ2) is 6.74. The second-order valence-electron chi connectivity index (χ2n) is 4.85. The first-order valence-corrected chi connectivity index (χ1v) is 6.67. The van der Waals surface area contributed by atoms with Crippen LogP contribution in [0.1, 0.15) is 17.2 Å². The van der Waals surface area contributed by atoms with Gasteiger partial charge in [-0.05, 0) is 36.8 Å². The molecule has 2 aromatic rings. The van der Waals surface area contributed by atoms with Crippen LogP contribution in [0.15, 0.2) is 48.5 Å². The lowest BCUT2D eigenvalue weighted by atomic mass is 10.0. The van der Waals surface area contributed by atoms with Gasteiger partial charge in [-0.15, -0.1) is 0 Å². The number of anilines is 1. The number of nitrogens with zero attached hydrogens (tertiary/aromatic N) is 1. The number of nitrogens with one attached hydrogen (secondary N) is 1. The predicted molar refractivity (Wildman–Crippen MR) is 82.4 cm³/mol. The highest BCUT2D eigenvalue weighted by Gasteiger charge is 2.17. The SMILES string of the molecule is COc1ccc(NC(C[N+](=O)[O-])c2ccc(C)cc2)cc1. The third-order valence-corrected chi connectivity index (χ3v) is 3.24. The van der Waals surface area contributed by atoms with Crippen molar-refractivity contribution in [2.24, 2.45) is 0 Å². The minimum absolute atomic E-state index is 0.172. The number of nitro groups is 1. The summed E-state index contributed by atoms with van der Waals surface area (Å²) in [7, 11) is 1.60. The zero-order valence-electron chi connectivity index (χ0n) is 12.1. The zero-order valence-corrected chi connectivity index (χ0v) is 12.1. The van der Waals surface area contributed by atoms with Crippen molar-refractivity contribution < 1.29 is 9.66 Å². The summed E-state index contributed by atoms with van der Waals surface area (Å²) in [6, 6.07) is 14.7. The van der Waals surface area contributed by atoms with Crippen molar-refractivity contribution in [2.45, 2.75) is 13.0 Å². The van der Waals surface area contributed by atoms with Crippen molar-refractivity contribution in [3.05, 3.63) is 69.8 Å². The van der Waals surface area contributed by atoms with Crippen LogP contribution in [0.4, 0.5) is 5.69 Å². The number of aryl methyl sites for hydroxylation is 1. The fourth-order valence-electron chi connectivity index (χ4n) is 2.07. The van der Waals surface area contributed by atoms with Crippen molar-refractivity contribution in [3.8, 4) is 5.75 Å². The molecule has 0 amide bonds. The van der Waals surface area contributed by atoms with E-state index >= 15 is 0 Å². The van der Waals surface area contributed by atoms with Crippen molar-refractivity contribution in [3.63, 3.8) is 0 Å². The maximum absolute atomic E-state index is 10.9. The lowest BCUT2D eigenvalue weighted by Crippen LogP contribution is -2.20. The van der Waals surface area contributed by atoms with E-state index < -0.39 is 0 Å². The van der Waals surface area contributed by atoms with E-state index in [1.54, 1.807) is 7.11 Å². The Kier molecular flexibility index (Phi) is 4.77. The molecule has 0 saturated heterocycles. The minimum Gasteiger partial charge on any atom is -0.497 e. The van der Waals surface area contributed by atoms with E-state index in [9.17, 15) is 10.1 Å². The maximum atomic E-state index is 10.9. The van der Waals surface area contributed by atoms with Gasteiger partial charge in [-0.25, -0.2) is 0 Å². The molecule has 0 aromatic heterocycles. The van der Waals surface area contributed by atoms with Crippen LogP contribution < -0.4 is 10.1 Å². The second-order valence-corrected chi connectivity index (χ2v) is 4.85. The van der Waals surface area contributed by atoms with Gasteiger partial charge in [0.1, 0.15) is 11.8 Å². The smallest absolute Gasteiger partial charge is 0.227 e. The molecule has 0 saturated carbocycles. The minimum atomic E-state index is -0.367. The van der Waals surface area contributed by atoms with Gasteiger partial charge in [0.05, 0.1) is 7.11 Å². The predicted octanol–water partition coefficient (Wildman–Crippen LogP) is 3.43. The van der Waals surface area contributed by atoms with Gasteiger partial charge >= 0.3 is 0 Å². The molecule has 1 N–H and O–H groups in total. The number of benzene rings is 2. The number of rotatable bonds is 6. The molecule has 21 heavy (non-hydrogen) atoms. The van der Waals surface area contributed by atoms with E-state index in [0.717, 1.165) is 22.6 Å². The van der Waals surface area contributed by atoms with Crippen LogP contribution in [-0.2, 0) is 0 Å². The lowest BCUT2D eigenvalue weighted by Gasteiger charge is -2.17. The van der Waals surface area contributed by atoms with Crippen molar-refractivity contribution in [1.82, 2.24) is 0 Å². The fraction of sp³-hybridized carbons (Fsp3) is 0.250. The average Bonchev–Trinajstić information content (AvgIpc) is 2.48. The number of hydrogen-bond acceptors (Lipinski definition) is 4. The lowest BCUT2D eigenvalue weighted by molar-refractivity contribution is -0.482. The number of ether oxygens (including phenoxy) is 1. The summed E-state index contributed by atoms with van der Waals surface area (Å²) < 4.78 is 5.10. The first-order chi connectivity index (χ1) is 10.1. The third-order valence-electron chi connectivity index (χ3n) is 3.24. The molecule has 2 aromatic carbocycles. The van der Waals surface area contributed by atoms with Crippen molar-refractivity contribution >= 4 is 5.69 Å². The number of methoxy groups -OCH3 is 1. The van der Waals surface area contributed by atoms with E-state index in [-0.39, 0.29) is 17.5 Å². The van der Waals surface area contributed by atoms with Crippen molar-refractivity contribution in [1.29, 1.82) is 0 Å². The van der Waals surface area contributed by atoms with Crippen molar-refractivity contribution in [2.75, 3.05) is 19.0 Å². The Balaban J connectivity index is 2.19. The zero-order chi connectivity index (χ0) is 15.2. The van der Waals surface area contributed by atoms with Crippen LogP contribution in [0.5, 0.6) is 5.75 Å². The van der Waals surface area contributed by atoms with Crippen LogP contribution in [0.2, 0.25) is 0 Å². The molecule has 1 unspecified atom stereocenters. The summed E-state index contributed by atoms with van der Waals surface area (Å²) in [6.45, 7) is 1.82. The first kappa shape index (κ1) is 14.8. The summed E-state index contributed by atoms with van der Waals surface area (Å²) >= 11 is 0. The van der Waals surface area contributed by atoms with Crippen LogP contribution in [-0.4, -0.2) is 18.6 Å². The van der Waals surface area contributed by atoms with Crippen LogP contribution in [0.3, 0.4) is 0 Å². The van der Waals surface area contributed by atoms with E-state index in [1.165, 1.54) is 0 Å². The highest BCUT2D eigenvalue weighted by Crippen LogP contribution is 2.22. The molecule has 0 radical (unpaired) electrons. The quantitative estimate of drug-likeness (QED) is 0.652. The monoisotopic (exact) mass is 286 g/mol. The molecule has 2 rings (SSSR count). The summed E-state index contributed by atoms with van der Waals surface area (Å²) in [5.41, 5.74) is 2.85. The van der Waals surface area contributed by atoms with Gasteiger partial charge in [-0.1, -0.05) is 29.8 Å². The Morgan fingerprint density at radius 3 is 2.29 bits per heavy atom. The highest BCUT2D eigenvalue weighted by atomic mass is 16.6. The summed E-state index contributed by atoms with van der Waals surface area (Å²) in [6.07, 6.45) is 0. The molecule has 0 heterocycles. The molecule has 5 nitrogen and oxygen atoms in total. The summed E-state index contributed by atoms with van der Waals surface area (Å²) in [5, 5.41) is 14.1. The molecule has 0 spiro atoms. The third kappa shape index (κ3) is 4.21. The standard InChI is InChI=1S/C16H18N2O3/c1-12-3-5-13(6-4-12)16(11-18(19)20)17-14-7-9-15(21-2)10-8-14/h3-10,16-17H,11H2,1-2H3. The Bertz CT molecular complexity index is 594. The summed E-state index contributed by atoms with van der Waals surface area (Å²) in [5.74, 6) is 0.752. The van der Waals surface area contributed by atoms with Gasteiger partial charge in [0.2, 0.25) is 6.54 Å².